The predicted octanol–water partition coefficient (Wildman–Crippen LogP) is 23.3. The standard InChI is InChI=1S/4C26H21N5O/c4*1-15(2)23-21-13-17(10-11-19(21)26(32)30-29-23)22-14-28-31(4)25(22)20-12-9-16-7-5-6-8-18(16)24(20)27-3/h4*5-15H,1-2,4H3,(H,30,32). The fraction of sp³-hybridized carbons (Fsp3) is 0.154. The molecule has 128 heavy (non-hydrogen) atoms. The first-order chi connectivity index (χ1) is 62.0. The van der Waals surface area contributed by atoms with Crippen molar-refractivity contribution in [2.75, 3.05) is 0 Å². The maximum Gasteiger partial charge on any atom is 0.272 e. The normalized spacial score (nSPS) is 11.3. The first kappa shape index (κ1) is 83.3. The van der Waals surface area contributed by atoms with Crippen molar-refractivity contribution in [2.45, 2.75) is 79.1 Å². The summed E-state index contributed by atoms with van der Waals surface area (Å²) in [4.78, 5) is 64.9. The molecular weight excluding hydrogens is 1590 g/mol. The highest BCUT2D eigenvalue weighted by Gasteiger charge is 2.27. The highest BCUT2D eigenvalue weighted by atomic mass is 16.1. The SMILES string of the molecule is [C-]#[N+]c1c(-c2c(-c3ccc4c(=O)[nH]nc(C(C)C)c4c3)cnn2C)ccc2ccccc12.[C-]#[N+]c1c(-c2c(-c3ccc4c(=O)[nH]nc(C(C)C)c4c3)cnn2C)ccc2ccccc12.[C-]#[N+]c1c(-c2c(-c3ccc4c(=O)[nH]nc(C(C)C)c4c3)cnn2C)ccc2ccccc12.[C-]#[N+]c1c(-c2c(-c3ccc4c(=O)[nH]nc(C(C)C)c4c3)cnn2C)ccc2ccccc12. The van der Waals surface area contributed by atoms with Gasteiger partial charge < -0.3 is 0 Å². The van der Waals surface area contributed by atoms with E-state index in [4.69, 9.17) is 26.3 Å². The summed E-state index contributed by atoms with van der Waals surface area (Å²) >= 11 is 0. The summed E-state index contributed by atoms with van der Waals surface area (Å²) < 4.78 is 7.21. The van der Waals surface area contributed by atoms with Gasteiger partial charge in [0.2, 0.25) is 22.7 Å². The van der Waals surface area contributed by atoms with Crippen LogP contribution in [0.3, 0.4) is 0 Å². The quantitative estimate of drug-likeness (QED) is 0.0832. The Morgan fingerprint density at radius 2 is 0.453 bits per heavy atom. The Morgan fingerprint density at radius 3 is 0.648 bits per heavy atom. The van der Waals surface area contributed by atoms with Gasteiger partial charge in [-0.05, 0) is 138 Å². The maximum atomic E-state index is 12.3. The number of H-pyrrole nitrogens is 4. The van der Waals surface area contributed by atoms with Crippen LogP contribution in [0.2, 0.25) is 0 Å². The molecule has 0 aliphatic rings. The Kier molecular flexibility index (Phi) is 22.4. The highest BCUT2D eigenvalue weighted by Crippen LogP contribution is 2.48. The molecule has 0 aliphatic heterocycles. The van der Waals surface area contributed by atoms with Crippen molar-refractivity contribution in [3.05, 3.63) is 353 Å². The molecule has 4 N–H and O–H groups in total. The molecule has 0 fully saturated rings. The van der Waals surface area contributed by atoms with Gasteiger partial charge in [0, 0.05) is 94.2 Å². The molecule has 12 aromatic carbocycles. The average Bonchev–Trinajstić information content (AvgIpc) is 1.49. The van der Waals surface area contributed by atoms with Crippen LogP contribution in [0.4, 0.5) is 22.7 Å². The average molecular weight is 1680 g/mol. The van der Waals surface area contributed by atoms with Gasteiger partial charge in [-0.3, -0.25) is 37.9 Å². The first-order valence-corrected chi connectivity index (χ1v) is 41.7. The molecule has 24 nitrogen and oxygen atoms in total. The van der Waals surface area contributed by atoms with E-state index in [0.717, 1.165) is 177 Å². The van der Waals surface area contributed by atoms with Crippen molar-refractivity contribution in [1.82, 2.24) is 79.9 Å². The summed E-state index contributed by atoms with van der Waals surface area (Å²) in [5.74, 6) is 0.638. The summed E-state index contributed by atoms with van der Waals surface area (Å²) in [6, 6.07) is 70.9. The fourth-order valence-electron chi connectivity index (χ4n) is 17.3. The minimum Gasteiger partial charge on any atom is -0.269 e. The van der Waals surface area contributed by atoms with Gasteiger partial charge in [0.25, 0.3) is 22.2 Å². The zero-order chi connectivity index (χ0) is 89.6. The predicted molar refractivity (Wildman–Crippen MR) is 511 cm³/mol. The lowest BCUT2D eigenvalue weighted by Gasteiger charge is -2.13. The monoisotopic (exact) mass is 1680 g/mol. The second-order valence-corrected chi connectivity index (χ2v) is 32.7. The van der Waals surface area contributed by atoms with E-state index in [1.165, 1.54) is 0 Å². The molecule has 0 saturated heterocycles. The summed E-state index contributed by atoms with van der Waals surface area (Å²) in [5, 5.41) is 59.2. The van der Waals surface area contributed by atoms with Crippen LogP contribution in [-0.4, -0.2) is 79.9 Å². The second kappa shape index (κ2) is 34.4. The number of nitrogens with one attached hydrogen (secondary N) is 4. The number of hydrogen-bond acceptors (Lipinski definition) is 12. The maximum absolute atomic E-state index is 12.3. The van der Waals surface area contributed by atoms with Crippen molar-refractivity contribution in [2.24, 2.45) is 28.2 Å². The third kappa shape index (κ3) is 15.0. The molecule has 0 aliphatic carbocycles. The van der Waals surface area contributed by atoms with Crippen LogP contribution < -0.4 is 22.2 Å². The van der Waals surface area contributed by atoms with E-state index in [2.05, 4.69) is 136 Å². The molecule has 8 aromatic heterocycles. The summed E-state index contributed by atoms with van der Waals surface area (Å²) in [5.41, 5.74) is 19.2. The lowest BCUT2D eigenvalue weighted by Crippen LogP contribution is -2.11. The van der Waals surface area contributed by atoms with Crippen LogP contribution in [0, 0.1) is 26.3 Å². The zero-order valence-electron chi connectivity index (χ0n) is 72.2. The van der Waals surface area contributed by atoms with E-state index in [1.807, 2.05) is 271 Å². The summed E-state index contributed by atoms with van der Waals surface area (Å²) in [6.45, 7) is 47.9. The Morgan fingerprint density at radius 1 is 0.250 bits per heavy atom. The van der Waals surface area contributed by atoms with Crippen LogP contribution in [0.1, 0.15) is 102 Å². The number of rotatable bonds is 12. The minimum absolute atomic E-state index is 0.159. The molecular formula is C104H84N20O4. The van der Waals surface area contributed by atoms with Crippen molar-refractivity contribution < 1.29 is 0 Å². The Bertz CT molecular complexity index is 7370. The van der Waals surface area contributed by atoms with Gasteiger partial charge in [-0.15, -0.1) is 0 Å². The largest absolute Gasteiger partial charge is 0.272 e. The molecule has 0 spiro atoms. The number of nitrogens with zero attached hydrogens (tertiary/aromatic N) is 16. The molecule has 0 atom stereocenters. The van der Waals surface area contributed by atoms with E-state index in [0.29, 0.717) is 44.3 Å². The molecule has 8 heterocycles. The van der Waals surface area contributed by atoms with Crippen molar-refractivity contribution in [1.29, 1.82) is 0 Å². The van der Waals surface area contributed by atoms with Gasteiger partial charge in [-0.1, -0.05) is 225 Å². The van der Waals surface area contributed by atoms with Crippen molar-refractivity contribution >= 4 is 109 Å². The third-order valence-electron chi connectivity index (χ3n) is 23.5. The smallest absolute Gasteiger partial charge is 0.269 e. The van der Waals surface area contributed by atoms with Crippen LogP contribution >= 0.6 is 0 Å². The number of benzene rings is 12. The van der Waals surface area contributed by atoms with E-state index >= 15 is 0 Å². The van der Waals surface area contributed by atoms with Crippen LogP contribution in [-0.2, 0) is 28.2 Å². The fourth-order valence-corrected chi connectivity index (χ4v) is 17.3. The van der Waals surface area contributed by atoms with Crippen molar-refractivity contribution in [3.8, 4) is 89.5 Å². The molecule has 24 heteroatoms. The summed E-state index contributed by atoms with van der Waals surface area (Å²) in [6.07, 6.45) is 7.26. The van der Waals surface area contributed by atoms with E-state index in [9.17, 15) is 19.2 Å². The number of aromatic nitrogens is 16. The van der Waals surface area contributed by atoms with E-state index in [-0.39, 0.29) is 45.9 Å². The van der Waals surface area contributed by atoms with Gasteiger partial charge in [0.1, 0.15) is 0 Å². The number of aromatic amines is 4. The van der Waals surface area contributed by atoms with Crippen LogP contribution in [0.5, 0.6) is 0 Å². The lowest BCUT2D eigenvalue weighted by molar-refractivity contribution is 0.776. The first-order valence-electron chi connectivity index (χ1n) is 41.7. The van der Waals surface area contributed by atoms with Crippen molar-refractivity contribution in [3.63, 3.8) is 0 Å². The second-order valence-electron chi connectivity index (χ2n) is 32.7. The lowest BCUT2D eigenvalue weighted by atomic mass is 9.95. The molecule has 0 radical (unpaired) electrons. The summed E-state index contributed by atoms with van der Waals surface area (Å²) in [7, 11) is 7.53. The van der Waals surface area contributed by atoms with E-state index in [1.54, 1.807) is 18.7 Å². The molecule has 20 rings (SSSR count). The van der Waals surface area contributed by atoms with E-state index < -0.39 is 0 Å². The van der Waals surface area contributed by atoms with Crippen LogP contribution in [0.25, 0.3) is 195 Å². The third-order valence-corrected chi connectivity index (χ3v) is 23.5. The Labute approximate surface area is 734 Å². The number of fused-ring (bicyclic) bond motifs is 8. The molecule has 0 bridgehead atoms. The number of hydrogen-bond donors (Lipinski definition) is 4. The highest BCUT2D eigenvalue weighted by molar-refractivity contribution is 6.09. The number of aryl methyl sites for hydroxylation is 4. The molecule has 0 saturated carbocycles. The van der Waals surface area contributed by atoms with Crippen LogP contribution in [0.15, 0.2) is 262 Å². The molecule has 624 valence electrons. The molecule has 20 aromatic rings. The van der Waals surface area contributed by atoms with Gasteiger partial charge in [0.15, 0.2) is 0 Å². The molecule has 0 amide bonds. The van der Waals surface area contributed by atoms with Gasteiger partial charge in [-0.25, -0.2) is 39.8 Å². The van der Waals surface area contributed by atoms with Gasteiger partial charge in [0.05, 0.1) is 118 Å². The topological polar surface area (TPSA) is 272 Å². The van der Waals surface area contributed by atoms with Gasteiger partial charge in [-0.2, -0.15) is 40.8 Å². The Hall–Kier alpha value is -17.0. The molecule has 0 unspecified atom stereocenters. The Balaban J connectivity index is 0.000000120. The minimum atomic E-state index is -0.202. The van der Waals surface area contributed by atoms with Gasteiger partial charge >= 0.3 is 0 Å². The zero-order valence-corrected chi connectivity index (χ0v) is 72.2.